The predicted octanol–water partition coefficient (Wildman–Crippen LogP) is 4.09. The van der Waals surface area contributed by atoms with Crippen LogP contribution in [0.2, 0.25) is 0 Å². The predicted molar refractivity (Wildman–Crippen MR) is 116 cm³/mol. The molecule has 0 aliphatic carbocycles. The number of para-hydroxylation sites is 1. The number of benzene rings is 2. The van der Waals surface area contributed by atoms with Crippen molar-refractivity contribution >= 4 is 31.6 Å². The molecule has 0 saturated carbocycles. The fourth-order valence-electron chi connectivity index (χ4n) is 3.75. The smallest absolute Gasteiger partial charge is 0.268 e. The first-order valence-electron chi connectivity index (χ1n) is 9.41. The van der Waals surface area contributed by atoms with Crippen LogP contribution in [-0.2, 0) is 23.0 Å². The molecule has 0 bridgehead atoms. The van der Waals surface area contributed by atoms with Crippen molar-refractivity contribution in [1.82, 2.24) is 9.78 Å². The molecule has 1 aliphatic rings. The molecule has 0 N–H and O–H groups in total. The number of hydrogen-bond donors (Lipinski definition) is 0. The Labute approximate surface area is 179 Å². The van der Waals surface area contributed by atoms with Crippen LogP contribution in [0.3, 0.4) is 0 Å². The molecule has 0 radical (unpaired) electrons. The van der Waals surface area contributed by atoms with Crippen LogP contribution in [0.15, 0.2) is 57.9 Å². The highest BCUT2D eigenvalue weighted by Crippen LogP contribution is 2.34. The Morgan fingerprint density at radius 3 is 2.72 bits per heavy atom. The molecule has 4 rings (SSSR count). The monoisotopic (exact) mass is 475 g/mol. The van der Waals surface area contributed by atoms with Crippen molar-refractivity contribution in [2.75, 3.05) is 17.5 Å². The standard InChI is InChI=1S/C21H22BrN3O3S/c1-15-21(29(26,27)25-11-10-17-6-3-4-9-20(17)25)16(2)24(23-15)12-13-28-19-8-5-7-18(22)14-19/h3-9,14H,10-13H2,1-2H3. The van der Waals surface area contributed by atoms with Crippen LogP contribution in [0.1, 0.15) is 17.0 Å². The number of anilines is 1. The van der Waals surface area contributed by atoms with Crippen LogP contribution in [0.4, 0.5) is 5.69 Å². The Morgan fingerprint density at radius 1 is 1.14 bits per heavy atom. The van der Waals surface area contributed by atoms with Crippen LogP contribution >= 0.6 is 15.9 Å². The molecule has 3 aromatic rings. The lowest BCUT2D eigenvalue weighted by molar-refractivity contribution is 0.289. The summed E-state index contributed by atoms with van der Waals surface area (Å²) in [6.07, 6.45) is 0.724. The van der Waals surface area contributed by atoms with E-state index in [-0.39, 0.29) is 4.90 Å². The number of halogens is 1. The van der Waals surface area contributed by atoms with Crippen LogP contribution < -0.4 is 9.04 Å². The third kappa shape index (κ3) is 3.79. The van der Waals surface area contributed by atoms with Crippen LogP contribution in [-0.4, -0.2) is 31.3 Å². The minimum Gasteiger partial charge on any atom is -0.492 e. The van der Waals surface area contributed by atoms with Gasteiger partial charge in [0.15, 0.2) is 0 Å². The van der Waals surface area contributed by atoms with Gasteiger partial charge < -0.3 is 4.74 Å². The Hall–Kier alpha value is -2.32. The van der Waals surface area contributed by atoms with Gasteiger partial charge in [0, 0.05) is 11.0 Å². The molecule has 0 spiro atoms. The average molecular weight is 476 g/mol. The van der Waals surface area contributed by atoms with E-state index in [4.69, 9.17) is 4.74 Å². The van der Waals surface area contributed by atoms with Gasteiger partial charge >= 0.3 is 0 Å². The Bertz CT molecular complexity index is 1160. The first-order chi connectivity index (χ1) is 13.9. The Balaban J connectivity index is 1.55. The molecule has 0 unspecified atom stereocenters. The number of nitrogens with zero attached hydrogens (tertiary/aromatic N) is 3. The van der Waals surface area contributed by atoms with Crippen molar-refractivity contribution < 1.29 is 13.2 Å². The van der Waals surface area contributed by atoms with Crippen LogP contribution in [0, 0.1) is 13.8 Å². The maximum absolute atomic E-state index is 13.4. The Kier molecular flexibility index (Phi) is 5.40. The van der Waals surface area contributed by atoms with E-state index in [1.807, 2.05) is 48.5 Å². The molecule has 2 aromatic carbocycles. The summed E-state index contributed by atoms with van der Waals surface area (Å²) >= 11 is 3.42. The van der Waals surface area contributed by atoms with Gasteiger partial charge in [0.1, 0.15) is 17.3 Å². The molecular formula is C21H22BrN3O3S. The minimum absolute atomic E-state index is 0.289. The van der Waals surface area contributed by atoms with E-state index >= 15 is 0 Å². The zero-order chi connectivity index (χ0) is 20.6. The topological polar surface area (TPSA) is 64.4 Å². The van der Waals surface area contributed by atoms with Gasteiger partial charge in [-0.1, -0.05) is 40.2 Å². The summed E-state index contributed by atoms with van der Waals surface area (Å²) in [6.45, 7) is 4.86. The second kappa shape index (κ2) is 7.84. The normalized spacial score (nSPS) is 13.6. The first-order valence-corrected chi connectivity index (χ1v) is 11.6. The highest BCUT2D eigenvalue weighted by atomic mass is 79.9. The number of aryl methyl sites for hydroxylation is 1. The van der Waals surface area contributed by atoms with Crippen molar-refractivity contribution in [3.8, 4) is 5.75 Å². The van der Waals surface area contributed by atoms with Crippen molar-refractivity contribution in [1.29, 1.82) is 0 Å². The molecule has 1 aliphatic heterocycles. The molecule has 2 heterocycles. The molecule has 1 aromatic heterocycles. The molecule has 152 valence electrons. The van der Waals surface area contributed by atoms with Crippen molar-refractivity contribution in [3.63, 3.8) is 0 Å². The average Bonchev–Trinajstić information content (AvgIpc) is 3.23. The number of fused-ring (bicyclic) bond motifs is 1. The minimum atomic E-state index is -3.67. The molecule has 0 fully saturated rings. The zero-order valence-corrected chi connectivity index (χ0v) is 18.7. The fourth-order valence-corrected chi connectivity index (χ4v) is 6.01. The van der Waals surface area contributed by atoms with Gasteiger partial charge in [-0.05, 0) is 50.1 Å². The second-order valence-corrected chi connectivity index (χ2v) is 9.70. The second-order valence-electron chi connectivity index (χ2n) is 6.98. The summed E-state index contributed by atoms with van der Waals surface area (Å²) in [6, 6.07) is 15.3. The lowest BCUT2D eigenvalue weighted by Gasteiger charge is -2.19. The van der Waals surface area contributed by atoms with E-state index in [9.17, 15) is 8.42 Å². The van der Waals surface area contributed by atoms with Gasteiger partial charge in [-0.15, -0.1) is 0 Å². The van der Waals surface area contributed by atoms with Crippen molar-refractivity contribution in [3.05, 3.63) is 70.0 Å². The van der Waals surface area contributed by atoms with Gasteiger partial charge in [0.05, 0.1) is 23.6 Å². The summed E-state index contributed by atoms with van der Waals surface area (Å²) in [7, 11) is -3.67. The number of sulfonamides is 1. The quantitative estimate of drug-likeness (QED) is 0.538. The molecule has 0 atom stereocenters. The van der Waals surface area contributed by atoms with E-state index in [1.54, 1.807) is 18.5 Å². The van der Waals surface area contributed by atoms with Crippen molar-refractivity contribution in [2.45, 2.75) is 31.7 Å². The maximum Gasteiger partial charge on any atom is 0.268 e. The molecule has 8 heteroatoms. The van der Waals surface area contributed by atoms with E-state index in [2.05, 4.69) is 21.0 Å². The van der Waals surface area contributed by atoms with Gasteiger partial charge in [-0.2, -0.15) is 5.10 Å². The number of rotatable bonds is 6. The number of aromatic nitrogens is 2. The summed E-state index contributed by atoms with van der Waals surface area (Å²) in [4.78, 5) is 0.289. The van der Waals surface area contributed by atoms with E-state index in [0.717, 1.165) is 27.9 Å². The van der Waals surface area contributed by atoms with E-state index < -0.39 is 10.0 Å². The molecule has 0 saturated heterocycles. The lowest BCUT2D eigenvalue weighted by atomic mass is 10.2. The zero-order valence-electron chi connectivity index (χ0n) is 16.3. The van der Waals surface area contributed by atoms with Crippen molar-refractivity contribution in [2.24, 2.45) is 0 Å². The fraction of sp³-hybridized carbons (Fsp3) is 0.286. The third-order valence-corrected chi connectivity index (χ3v) is 7.64. The summed E-state index contributed by atoms with van der Waals surface area (Å²) in [5.74, 6) is 0.752. The van der Waals surface area contributed by atoms with Gasteiger partial charge in [0.25, 0.3) is 10.0 Å². The van der Waals surface area contributed by atoms with Gasteiger partial charge in [0.2, 0.25) is 0 Å². The highest BCUT2D eigenvalue weighted by Gasteiger charge is 2.34. The van der Waals surface area contributed by atoms with Crippen LogP contribution in [0.25, 0.3) is 0 Å². The van der Waals surface area contributed by atoms with Gasteiger partial charge in [-0.25, -0.2) is 8.42 Å². The molecular weight excluding hydrogens is 454 g/mol. The highest BCUT2D eigenvalue weighted by molar-refractivity contribution is 9.10. The first kappa shape index (κ1) is 20.0. The van der Waals surface area contributed by atoms with E-state index in [0.29, 0.717) is 31.1 Å². The van der Waals surface area contributed by atoms with Crippen LogP contribution in [0.5, 0.6) is 5.75 Å². The third-order valence-electron chi connectivity index (χ3n) is 5.08. The molecule has 6 nitrogen and oxygen atoms in total. The maximum atomic E-state index is 13.4. The number of hydrogen-bond acceptors (Lipinski definition) is 4. The Morgan fingerprint density at radius 2 is 1.93 bits per heavy atom. The number of ether oxygens (including phenoxy) is 1. The van der Waals surface area contributed by atoms with E-state index in [1.165, 1.54) is 4.31 Å². The summed E-state index contributed by atoms with van der Waals surface area (Å²) < 4.78 is 36.8. The molecule has 0 amide bonds. The SMILES string of the molecule is Cc1nn(CCOc2cccc(Br)c2)c(C)c1S(=O)(=O)N1CCc2ccccc21. The summed E-state index contributed by atoms with van der Waals surface area (Å²) in [5.41, 5.74) is 2.96. The largest absolute Gasteiger partial charge is 0.492 e. The summed E-state index contributed by atoms with van der Waals surface area (Å²) in [5, 5.41) is 4.47. The van der Waals surface area contributed by atoms with Gasteiger partial charge in [-0.3, -0.25) is 8.99 Å². The molecule has 29 heavy (non-hydrogen) atoms. The lowest BCUT2D eigenvalue weighted by Crippen LogP contribution is -2.30.